The summed E-state index contributed by atoms with van der Waals surface area (Å²) in [6.07, 6.45) is 1.50. The van der Waals surface area contributed by atoms with Gasteiger partial charge in [-0.3, -0.25) is 9.59 Å². The number of hydrogen-bond acceptors (Lipinski definition) is 9. The number of benzene rings is 2. The topological polar surface area (TPSA) is 127 Å². The van der Waals surface area contributed by atoms with Crippen LogP contribution in [0, 0.1) is 0 Å². The summed E-state index contributed by atoms with van der Waals surface area (Å²) in [4.78, 5) is 30.1. The number of nitrogens with one attached hydrogen (secondary N) is 1. The number of rotatable bonds is 9. The van der Waals surface area contributed by atoms with Gasteiger partial charge in [-0.2, -0.15) is 4.98 Å². The first-order valence-corrected chi connectivity index (χ1v) is 10.7. The molecule has 0 aliphatic heterocycles. The Morgan fingerprint density at radius 3 is 2.42 bits per heavy atom. The lowest BCUT2D eigenvalue weighted by atomic mass is 10.2. The standard InChI is InChI=1S/C25H24N4O7/c1-32-16-8-10-19(33-2)18(13-16)26-22(30)14-29-11-5-6-17(25(29)31)24-27-23(28-36-24)15-7-9-20(34-3)21(12-15)35-4/h5-13H,14H2,1-4H3,(H,26,30). The van der Waals surface area contributed by atoms with E-state index in [0.29, 0.717) is 34.2 Å². The van der Waals surface area contributed by atoms with E-state index in [-0.39, 0.29) is 23.8 Å². The van der Waals surface area contributed by atoms with Crippen molar-refractivity contribution in [3.05, 3.63) is 65.1 Å². The Hall–Kier alpha value is -4.80. The summed E-state index contributed by atoms with van der Waals surface area (Å²) < 4.78 is 27.6. The number of amides is 1. The first-order chi connectivity index (χ1) is 17.5. The molecule has 2 aromatic heterocycles. The van der Waals surface area contributed by atoms with E-state index < -0.39 is 11.5 Å². The maximum absolute atomic E-state index is 13.1. The first kappa shape index (κ1) is 24.3. The van der Waals surface area contributed by atoms with E-state index in [1.807, 2.05) is 0 Å². The number of aromatic nitrogens is 3. The van der Waals surface area contributed by atoms with Crippen LogP contribution in [0.15, 0.2) is 64.0 Å². The minimum atomic E-state index is -0.465. The van der Waals surface area contributed by atoms with Gasteiger partial charge in [-0.05, 0) is 42.5 Å². The number of carbonyl (C=O) groups is 1. The molecule has 0 bridgehead atoms. The van der Waals surface area contributed by atoms with Gasteiger partial charge in [-0.15, -0.1) is 0 Å². The molecule has 0 spiro atoms. The number of methoxy groups -OCH3 is 4. The average molecular weight is 492 g/mol. The molecule has 0 atom stereocenters. The highest BCUT2D eigenvalue weighted by molar-refractivity contribution is 5.92. The summed E-state index contributed by atoms with van der Waals surface area (Å²) >= 11 is 0. The SMILES string of the molecule is COc1ccc(OC)c(NC(=O)Cn2cccc(-c3nc(-c4ccc(OC)c(OC)c4)no3)c2=O)c1. The Morgan fingerprint density at radius 1 is 0.944 bits per heavy atom. The molecule has 11 nitrogen and oxygen atoms in total. The first-order valence-electron chi connectivity index (χ1n) is 10.7. The van der Waals surface area contributed by atoms with Gasteiger partial charge in [0.15, 0.2) is 11.5 Å². The molecule has 2 heterocycles. The van der Waals surface area contributed by atoms with E-state index in [0.717, 1.165) is 0 Å². The molecule has 0 aliphatic carbocycles. The van der Waals surface area contributed by atoms with E-state index >= 15 is 0 Å². The van der Waals surface area contributed by atoms with E-state index in [4.69, 9.17) is 23.5 Å². The van der Waals surface area contributed by atoms with Crippen LogP contribution in [0.4, 0.5) is 5.69 Å². The van der Waals surface area contributed by atoms with Crippen LogP contribution in [0.2, 0.25) is 0 Å². The predicted molar refractivity (Wildman–Crippen MR) is 131 cm³/mol. The Kier molecular flexibility index (Phi) is 7.19. The molecule has 4 rings (SSSR count). The third kappa shape index (κ3) is 4.99. The van der Waals surface area contributed by atoms with Crippen LogP contribution in [-0.4, -0.2) is 49.1 Å². The Bertz CT molecular complexity index is 1440. The van der Waals surface area contributed by atoms with Crippen LogP contribution in [-0.2, 0) is 11.3 Å². The van der Waals surface area contributed by atoms with Crippen molar-refractivity contribution in [2.24, 2.45) is 0 Å². The van der Waals surface area contributed by atoms with Gasteiger partial charge in [0.1, 0.15) is 23.6 Å². The fourth-order valence-electron chi connectivity index (χ4n) is 3.51. The van der Waals surface area contributed by atoms with Crippen molar-refractivity contribution >= 4 is 11.6 Å². The van der Waals surface area contributed by atoms with Crippen LogP contribution >= 0.6 is 0 Å². The largest absolute Gasteiger partial charge is 0.497 e. The number of carbonyl (C=O) groups excluding carboxylic acids is 1. The van der Waals surface area contributed by atoms with Crippen LogP contribution in [0.3, 0.4) is 0 Å². The maximum atomic E-state index is 13.1. The van der Waals surface area contributed by atoms with Gasteiger partial charge in [0.25, 0.3) is 11.4 Å². The Morgan fingerprint density at radius 2 is 1.69 bits per heavy atom. The molecule has 36 heavy (non-hydrogen) atoms. The van der Waals surface area contributed by atoms with Gasteiger partial charge in [-0.1, -0.05) is 5.16 Å². The second-order valence-electron chi connectivity index (χ2n) is 7.46. The number of hydrogen-bond donors (Lipinski definition) is 1. The van der Waals surface area contributed by atoms with Gasteiger partial charge < -0.3 is 33.4 Å². The zero-order valence-electron chi connectivity index (χ0n) is 20.1. The summed E-state index contributed by atoms with van der Waals surface area (Å²) in [5.74, 6) is 1.92. The molecule has 2 aromatic carbocycles. The Balaban J connectivity index is 1.56. The Labute approximate surface area is 206 Å². The molecule has 1 N–H and O–H groups in total. The van der Waals surface area contributed by atoms with E-state index in [1.54, 1.807) is 48.5 Å². The molecular formula is C25H24N4O7. The van der Waals surface area contributed by atoms with Gasteiger partial charge in [0.05, 0.1) is 34.1 Å². The highest BCUT2D eigenvalue weighted by atomic mass is 16.5. The average Bonchev–Trinajstić information content (AvgIpc) is 3.39. The van der Waals surface area contributed by atoms with Gasteiger partial charge in [-0.25, -0.2) is 0 Å². The molecule has 0 saturated carbocycles. The molecule has 0 fully saturated rings. The predicted octanol–water partition coefficient (Wildman–Crippen LogP) is 3.24. The zero-order chi connectivity index (χ0) is 25.7. The summed E-state index contributed by atoms with van der Waals surface area (Å²) in [6, 6.07) is 13.4. The molecule has 1 amide bonds. The lowest BCUT2D eigenvalue weighted by molar-refractivity contribution is -0.116. The highest BCUT2D eigenvalue weighted by Crippen LogP contribution is 2.32. The molecule has 4 aromatic rings. The van der Waals surface area contributed by atoms with Gasteiger partial charge >= 0.3 is 0 Å². The minimum Gasteiger partial charge on any atom is -0.497 e. The van der Waals surface area contributed by atoms with Gasteiger partial charge in [0, 0.05) is 17.8 Å². The van der Waals surface area contributed by atoms with Crippen LogP contribution in [0.5, 0.6) is 23.0 Å². The van der Waals surface area contributed by atoms with Crippen LogP contribution < -0.4 is 29.8 Å². The number of pyridine rings is 1. The van der Waals surface area contributed by atoms with E-state index in [1.165, 1.54) is 39.2 Å². The fourth-order valence-corrected chi connectivity index (χ4v) is 3.51. The zero-order valence-corrected chi connectivity index (χ0v) is 20.1. The van der Waals surface area contributed by atoms with Gasteiger partial charge in [0.2, 0.25) is 11.7 Å². The highest BCUT2D eigenvalue weighted by Gasteiger charge is 2.18. The summed E-state index contributed by atoms with van der Waals surface area (Å²) in [7, 11) is 6.08. The molecule has 0 unspecified atom stereocenters. The second kappa shape index (κ2) is 10.6. The van der Waals surface area contributed by atoms with Crippen molar-refractivity contribution in [2.75, 3.05) is 33.8 Å². The molecular weight excluding hydrogens is 468 g/mol. The molecule has 0 saturated heterocycles. The third-order valence-corrected chi connectivity index (χ3v) is 5.31. The van der Waals surface area contributed by atoms with Crippen molar-refractivity contribution in [3.8, 4) is 45.8 Å². The fraction of sp³-hybridized carbons (Fsp3) is 0.200. The van der Waals surface area contributed by atoms with E-state index in [2.05, 4.69) is 15.5 Å². The van der Waals surface area contributed by atoms with Crippen LogP contribution in [0.1, 0.15) is 0 Å². The molecule has 0 aliphatic rings. The smallest absolute Gasteiger partial charge is 0.263 e. The van der Waals surface area contributed by atoms with Crippen molar-refractivity contribution in [2.45, 2.75) is 6.54 Å². The number of anilines is 1. The monoisotopic (exact) mass is 492 g/mol. The summed E-state index contributed by atoms with van der Waals surface area (Å²) in [5.41, 5.74) is 0.726. The summed E-state index contributed by atoms with van der Waals surface area (Å²) in [5, 5.41) is 6.72. The minimum absolute atomic E-state index is 0.0222. The molecule has 186 valence electrons. The van der Waals surface area contributed by atoms with Crippen molar-refractivity contribution < 1.29 is 28.3 Å². The molecule has 11 heteroatoms. The van der Waals surface area contributed by atoms with Crippen LogP contribution in [0.25, 0.3) is 22.8 Å². The third-order valence-electron chi connectivity index (χ3n) is 5.31. The van der Waals surface area contributed by atoms with Crippen molar-refractivity contribution in [1.29, 1.82) is 0 Å². The normalized spacial score (nSPS) is 10.6. The van der Waals surface area contributed by atoms with Crippen molar-refractivity contribution in [1.82, 2.24) is 14.7 Å². The second-order valence-corrected chi connectivity index (χ2v) is 7.46. The summed E-state index contributed by atoms with van der Waals surface area (Å²) in [6.45, 7) is -0.246. The lowest BCUT2D eigenvalue weighted by Crippen LogP contribution is -2.28. The number of nitrogens with zero attached hydrogens (tertiary/aromatic N) is 3. The maximum Gasteiger partial charge on any atom is 0.263 e. The number of ether oxygens (including phenoxy) is 4. The van der Waals surface area contributed by atoms with E-state index in [9.17, 15) is 9.59 Å². The quantitative estimate of drug-likeness (QED) is 0.375. The molecule has 0 radical (unpaired) electrons. The lowest BCUT2D eigenvalue weighted by Gasteiger charge is -2.12. The van der Waals surface area contributed by atoms with Crippen molar-refractivity contribution in [3.63, 3.8) is 0 Å².